The van der Waals surface area contributed by atoms with Crippen LogP contribution in [0.2, 0.25) is 5.02 Å². The third kappa shape index (κ3) is 6.88. The number of hydroxylamine groups is 1. The average Bonchev–Trinajstić information content (AvgIpc) is 2.69. The highest BCUT2D eigenvalue weighted by Crippen LogP contribution is 2.19. The van der Waals surface area contributed by atoms with Gasteiger partial charge < -0.3 is 14.6 Å². The number of ether oxygens (including phenoxy) is 2. The van der Waals surface area contributed by atoms with E-state index in [-0.39, 0.29) is 0 Å². The fourth-order valence-electron chi connectivity index (χ4n) is 2.39. The molecule has 150 valence electrons. The second-order valence-corrected chi connectivity index (χ2v) is 6.26. The van der Waals surface area contributed by atoms with E-state index in [9.17, 15) is 9.90 Å². The maximum atomic E-state index is 11.2. The van der Waals surface area contributed by atoms with Crippen LogP contribution in [-0.2, 0) is 20.8 Å². The van der Waals surface area contributed by atoms with Gasteiger partial charge in [0.1, 0.15) is 17.7 Å². The first kappa shape index (κ1) is 21.8. The lowest BCUT2D eigenvalue weighted by molar-refractivity contribution is -0.149. The van der Waals surface area contributed by atoms with E-state index in [2.05, 4.69) is 5.48 Å². The zero-order valence-corrected chi connectivity index (χ0v) is 16.6. The summed E-state index contributed by atoms with van der Waals surface area (Å²) < 4.78 is 11.0. The summed E-state index contributed by atoms with van der Waals surface area (Å²) in [5.41, 5.74) is 5.20. The molecule has 2 aromatic rings. The largest absolute Gasteiger partial charge is 0.479 e. The Hall–Kier alpha value is -2.54. The second-order valence-electron chi connectivity index (χ2n) is 5.82. The predicted molar refractivity (Wildman–Crippen MR) is 108 cm³/mol. The predicted octanol–water partition coefficient (Wildman–Crippen LogP) is 4.29. The zero-order chi connectivity index (χ0) is 20.4. The molecule has 0 heterocycles. The molecular weight excluding hydrogens is 382 g/mol. The van der Waals surface area contributed by atoms with Crippen LogP contribution >= 0.6 is 11.6 Å². The summed E-state index contributed by atoms with van der Waals surface area (Å²) in [6.07, 6.45) is 0.985. The van der Waals surface area contributed by atoms with Crippen molar-refractivity contribution in [3.8, 4) is 5.75 Å². The highest BCUT2D eigenvalue weighted by Gasteiger charge is 2.17. The van der Waals surface area contributed by atoms with Gasteiger partial charge in [0.15, 0.2) is 6.10 Å². The molecular formula is C21H24ClNO5. The molecule has 0 aliphatic rings. The molecule has 0 aliphatic carbocycles. The van der Waals surface area contributed by atoms with Crippen LogP contribution in [0.4, 0.5) is 0 Å². The number of hydrogen-bond acceptors (Lipinski definition) is 5. The first-order chi connectivity index (χ1) is 13.5. The third-order valence-corrected chi connectivity index (χ3v) is 4.03. The molecule has 0 spiro atoms. The first-order valence-corrected chi connectivity index (χ1v) is 9.35. The fraction of sp³-hybridized carbons (Fsp3) is 0.286. The van der Waals surface area contributed by atoms with Gasteiger partial charge in [-0.05, 0) is 43.7 Å². The van der Waals surface area contributed by atoms with Gasteiger partial charge in [-0.25, -0.2) is 4.79 Å². The molecule has 28 heavy (non-hydrogen) atoms. The van der Waals surface area contributed by atoms with Gasteiger partial charge in [0.2, 0.25) is 0 Å². The van der Waals surface area contributed by atoms with E-state index in [4.69, 9.17) is 25.9 Å². The van der Waals surface area contributed by atoms with Crippen LogP contribution in [0.3, 0.4) is 0 Å². The molecule has 6 nitrogen and oxygen atoms in total. The van der Waals surface area contributed by atoms with Crippen LogP contribution in [0, 0.1) is 0 Å². The monoisotopic (exact) mass is 405 g/mol. The molecule has 0 amide bonds. The summed E-state index contributed by atoms with van der Waals surface area (Å²) in [6.45, 7) is 4.49. The minimum atomic E-state index is -0.972. The summed E-state index contributed by atoms with van der Waals surface area (Å²) in [7, 11) is 0. The number of carboxylic acids is 1. The average molecular weight is 406 g/mol. The summed E-state index contributed by atoms with van der Waals surface area (Å²) in [5.74, 6) is -0.364. The molecule has 0 aromatic heterocycles. The van der Waals surface area contributed by atoms with E-state index in [0.29, 0.717) is 36.1 Å². The van der Waals surface area contributed by atoms with E-state index >= 15 is 0 Å². The van der Waals surface area contributed by atoms with Gasteiger partial charge in [-0.1, -0.05) is 35.9 Å². The van der Waals surface area contributed by atoms with E-state index in [1.165, 1.54) is 0 Å². The van der Waals surface area contributed by atoms with Crippen molar-refractivity contribution in [1.82, 2.24) is 5.48 Å². The molecule has 0 aliphatic heterocycles. The van der Waals surface area contributed by atoms with Crippen molar-refractivity contribution >= 4 is 23.3 Å². The van der Waals surface area contributed by atoms with Crippen molar-refractivity contribution in [3.63, 3.8) is 0 Å². The van der Waals surface area contributed by atoms with Crippen molar-refractivity contribution in [2.45, 2.75) is 26.4 Å². The van der Waals surface area contributed by atoms with Crippen molar-refractivity contribution in [3.05, 3.63) is 70.9 Å². The Balaban J connectivity index is 2.07. The van der Waals surface area contributed by atoms with Gasteiger partial charge in [0, 0.05) is 23.6 Å². The topological polar surface area (TPSA) is 77.0 Å². The van der Waals surface area contributed by atoms with Gasteiger partial charge >= 0.3 is 5.97 Å². The minimum Gasteiger partial charge on any atom is -0.479 e. The molecule has 7 heteroatoms. The van der Waals surface area contributed by atoms with Crippen LogP contribution in [0.5, 0.6) is 5.75 Å². The lowest BCUT2D eigenvalue weighted by Gasteiger charge is -2.13. The van der Waals surface area contributed by atoms with Crippen LogP contribution < -0.4 is 10.2 Å². The molecule has 1 unspecified atom stereocenters. The molecule has 0 saturated heterocycles. The minimum absolute atomic E-state index is 0.293. The number of benzene rings is 2. The molecule has 2 rings (SSSR count). The normalized spacial score (nSPS) is 12.5. The number of aliphatic carboxylic acids is 1. The van der Waals surface area contributed by atoms with Gasteiger partial charge in [0.05, 0.1) is 6.61 Å². The molecule has 0 radical (unpaired) electrons. The van der Waals surface area contributed by atoms with Crippen LogP contribution in [-0.4, -0.2) is 30.4 Å². The number of nitrogens with one attached hydrogen (secondary N) is 1. The zero-order valence-electron chi connectivity index (χ0n) is 15.9. The number of rotatable bonds is 11. The van der Waals surface area contributed by atoms with Crippen molar-refractivity contribution in [1.29, 1.82) is 0 Å². The van der Waals surface area contributed by atoms with Crippen molar-refractivity contribution in [2.24, 2.45) is 0 Å². The Morgan fingerprint density at radius 3 is 2.36 bits per heavy atom. The maximum Gasteiger partial charge on any atom is 0.333 e. The maximum absolute atomic E-state index is 11.2. The van der Waals surface area contributed by atoms with Gasteiger partial charge in [-0.3, -0.25) is 10.3 Å². The Kier molecular flexibility index (Phi) is 8.81. The highest BCUT2D eigenvalue weighted by molar-refractivity contribution is 6.30. The Morgan fingerprint density at radius 2 is 1.79 bits per heavy atom. The first-order valence-electron chi connectivity index (χ1n) is 8.97. The summed E-state index contributed by atoms with van der Waals surface area (Å²) in [5, 5.41) is 9.82. The molecule has 0 saturated carbocycles. The van der Waals surface area contributed by atoms with Crippen LogP contribution in [0.1, 0.15) is 25.0 Å². The molecule has 0 bridgehead atoms. The smallest absolute Gasteiger partial charge is 0.333 e. The number of carboxylic acid groups (broad SMARTS) is 1. The fourth-order valence-corrected chi connectivity index (χ4v) is 2.52. The molecule has 2 aromatic carbocycles. The molecule has 2 N–H and O–H groups in total. The van der Waals surface area contributed by atoms with E-state index in [0.717, 1.165) is 11.1 Å². The SMILES string of the molecule is CCONC(=COc1ccc(CC(OCC)C(=O)O)cc1)c1ccc(Cl)cc1. The quantitative estimate of drug-likeness (QED) is 0.429. The second kappa shape index (κ2) is 11.3. The lowest BCUT2D eigenvalue weighted by Crippen LogP contribution is -2.26. The van der Waals surface area contributed by atoms with E-state index < -0.39 is 12.1 Å². The van der Waals surface area contributed by atoms with E-state index in [1.54, 1.807) is 37.5 Å². The van der Waals surface area contributed by atoms with Gasteiger partial charge in [0.25, 0.3) is 0 Å². The van der Waals surface area contributed by atoms with Crippen molar-refractivity contribution < 1.29 is 24.2 Å². The number of halogens is 1. The molecule has 1 atom stereocenters. The third-order valence-electron chi connectivity index (χ3n) is 3.78. The summed E-state index contributed by atoms with van der Waals surface area (Å²) in [4.78, 5) is 16.5. The van der Waals surface area contributed by atoms with E-state index in [1.807, 2.05) is 31.2 Å². The number of hydrogen-bond donors (Lipinski definition) is 2. The Morgan fingerprint density at radius 1 is 1.11 bits per heavy atom. The Bertz CT molecular complexity index is 774. The Labute approximate surface area is 169 Å². The molecule has 0 fully saturated rings. The van der Waals surface area contributed by atoms with Crippen LogP contribution in [0.15, 0.2) is 54.8 Å². The van der Waals surface area contributed by atoms with Gasteiger partial charge in [-0.2, -0.15) is 0 Å². The summed E-state index contributed by atoms with van der Waals surface area (Å²) >= 11 is 5.94. The lowest BCUT2D eigenvalue weighted by atomic mass is 10.1. The standard InChI is InChI=1S/C21H24ClNO5/c1-3-26-20(21(24)25)13-15-5-11-18(12-6-15)27-14-19(23-28-4-2)16-7-9-17(22)10-8-16/h5-12,14,20,23H,3-4,13H2,1-2H3,(H,24,25). The van der Waals surface area contributed by atoms with Crippen molar-refractivity contribution in [2.75, 3.05) is 13.2 Å². The number of carbonyl (C=O) groups is 1. The summed E-state index contributed by atoms with van der Waals surface area (Å²) in [6, 6.07) is 14.5. The van der Waals surface area contributed by atoms with Crippen LogP contribution in [0.25, 0.3) is 5.70 Å². The van der Waals surface area contributed by atoms with Gasteiger partial charge in [-0.15, -0.1) is 0 Å². The highest BCUT2D eigenvalue weighted by atomic mass is 35.5.